The molecule has 1 rings (SSSR count). The lowest BCUT2D eigenvalue weighted by Gasteiger charge is -2.09. The SMILES string of the molecule is CC(=O)Nc1ccc(OCCOCCOCCOC(=O)CCC(=O)C(=O)O)cc1. The number of amides is 1. The topological polar surface area (TPSA) is 137 Å². The zero-order chi connectivity index (χ0) is 21.5. The van der Waals surface area contributed by atoms with Crippen molar-refractivity contribution in [3.63, 3.8) is 0 Å². The first-order chi connectivity index (χ1) is 13.9. The zero-order valence-electron chi connectivity index (χ0n) is 16.2. The van der Waals surface area contributed by atoms with Crippen LogP contribution >= 0.6 is 0 Å². The van der Waals surface area contributed by atoms with Crippen molar-refractivity contribution in [2.24, 2.45) is 0 Å². The number of aliphatic carboxylic acids is 1. The zero-order valence-corrected chi connectivity index (χ0v) is 16.2. The highest BCUT2D eigenvalue weighted by Gasteiger charge is 2.14. The lowest BCUT2D eigenvalue weighted by atomic mass is 10.2. The maximum Gasteiger partial charge on any atom is 0.372 e. The Morgan fingerprint density at radius 1 is 0.862 bits per heavy atom. The van der Waals surface area contributed by atoms with E-state index in [4.69, 9.17) is 24.1 Å². The molecule has 0 atom stereocenters. The second-order valence-corrected chi connectivity index (χ2v) is 5.73. The van der Waals surface area contributed by atoms with Crippen LogP contribution in [0.2, 0.25) is 0 Å². The molecule has 0 bridgehead atoms. The summed E-state index contributed by atoms with van der Waals surface area (Å²) in [5.41, 5.74) is 0.692. The van der Waals surface area contributed by atoms with Gasteiger partial charge in [-0.2, -0.15) is 0 Å². The number of rotatable bonds is 15. The molecule has 10 heteroatoms. The van der Waals surface area contributed by atoms with E-state index in [2.05, 4.69) is 5.32 Å². The van der Waals surface area contributed by atoms with Crippen molar-refractivity contribution in [1.29, 1.82) is 0 Å². The van der Waals surface area contributed by atoms with E-state index in [0.717, 1.165) is 0 Å². The molecule has 0 heterocycles. The van der Waals surface area contributed by atoms with Crippen LogP contribution in [0.25, 0.3) is 0 Å². The van der Waals surface area contributed by atoms with Crippen LogP contribution in [0, 0.1) is 0 Å². The van der Waals surface area contributed by atoms with Crippen molar-refractivity contribution in [3.8, 4) is 5.75 Å². The quantitative estimate of drug-likeness (QED) is 0.246. The summed E-state index contributed by atoms with van der Waals surface area (Å²) >= 11 is 0. The van der Waals surface area contributed by atoms with Crippen molar-refractivity contribution in [2.75, 3.05) is 45.0 Å². The molecule has 0 fully saturated rings. The Balaban J connectivity index is 1.94. The second kappa shape index (κ2) is 14.1. The normalized spacial score (nSPS) is 10.2. The van der Waals surface area contributed by atoms with Gasteiger partial charge in [0.05, 0.1) is 32.8 Å². The predicted molar refractivity (Wildman–Crippen MR) is 101 cm³/mol. The van der Waals surface area contributed by atoms with Crippen LogP contribution in [-0.2, 0) is 33.4 Å². The van der Waals surface area contributed by atoms with Crippen LogP contribution in [-0.4, -0.2) is 68.4 Å². The number of ether oxygens (including phenoxy) is 4. The minimum Gasteiger partial charge on any atom is -0.491 e. The predicted octanol–water partition coefficient (Wildman–Crippen LogP) is 1.03. The molecule has 2 N–H and O–H groups in total. The van der Waals surface area contributed by atoms with E-state index in [1.807, 2.05) is 0 Å². The minimum atomic E-state index is -1.56. The molecule has 0 radical (unpaired) electrons. The van der Waals surface area contributed by atoms with Crippen molar-refractivity contribution >= 4 is 29.3 Å². The fraction of sp³-hybridized carbons (Fsp3) is 0.474. The fourth-order valence-corrected chi connectivity index (χ4v) is 1.99. The average Bonchev–Trinajstić information content (AvgIpc) is 2.68. The average molecular weight is 411 g/mol. The van der Waals surface area contributed by atoms with Crippen molar-refractivity contribution < 1.29 is 43.2 Å². The molecule has 0 aliphatic rings. The van der Waals surface area contributed by atoms with E-state index in [0.29, 0.717) is 37.9 Å². The lowest BCUT2D eigenvalue weighted by molar-refractivity contribution is -0.151. The van der Waals surface area contributed by atoms with Gasteiger partial charge in [0.2, 0.25) is 11.7 Å². The summed E-state index contributed by atoms with van der Waals surface area (Å²) in [7, 11) is 0. The Bertz CT molecular complexity index is 673. The van der Waals surface area contributed by atoms with Crippen LogP contribution in [0.5, 0.6) is 5.75 Å². The molecule has 1 aromatic carbocycles. The summed E-state index contributed by atoms with van der Waals surface area (Å²) in [6, 6.07) is 6.96. The monoisotopic (exact) mass is 411 g/mol. The van der Waals surface area contributed by atoms with E-state index in [1.54, 1.807) is 24.3 Å². The molecule has 0 aliphatic carbocycles. The van der Waals surface area contributed by atoms with Crippen molar-refractivity contribution in [3.05, 3.63) is 24.3 Å². The third-order valence-corrected chi connectivity index (χ3v) is 3.33. The molecular weight excluding hydrogens is 386 g/mol. The molecule has 1 aromatic rings. The number of anilines is 1. The number of hydrogen-bond donors (Lipinski definition) is 2. The van der Waals surface area contributed by atoms with Crippen LogP contribution in [0.4, 0.5) is 5.69 Å². The van der Waals surface area contributed by atoms with Gasteiger partial charge in [0.1, 0.15) is 19.0 Å². The summed E-state index contributed by atoms with van der Waals surface area (Å²) in [4.78, 5) is 43.3. The van der Waals surface area contributed by atoms with E-state index in [-0.39, 0.29) is 32.0 Å². The van der Waals surface area contributed by atoms with E-state index >= 15 is 0 Å². The highest BCUT2D eigenvalue weighted by Crippen LogP contribution is 2.15. The maximum atomic E-state index is 11.3. The van der Waals surface area contributed by atoms with Gasteiger partial charge < -0.3 is 29.4 Å². The van der Waals surface area contributed by atoms with E-state index in [1.165, 1.54) is 6.92 Å². The molecular formula is C19H25NO9. The molecule has 0 aliphatic heterocycles. The molecule has 0 saturated heterocycles. The first-order valence-corrected chi connectivity index (χ1v) is 8.96. The summed E-state index contributed by atoms with van der Waals surface area (Å²) < 4.78 is 20.9. The summed E-state index contributed by atoms with van der Waals surface area (Å²) in [5, 5.41) is 11.0. The largest absolute Gasteiger partial charge is 0.491 e. The molecule has 0 aromatic heterocycles. The van der Waals surface area contributed by atoms with Gasteiger partial charge in [-0.15, -0.1) is 0 Å². The summed E-state index contributed by atoms with van der Waals surface area (Å²) in [5.74, 6) is -2.72. The number of hydrogen-bond acceptors (Lipinski definition) is 8. The molecule has 10 nitrogen and oxygen atoms in total. The highest BCUT2D eigenvalue weighted by molar-refractivity contribution is 6.32. The summed E-state index contributed by atoms with van der Waals surface area (Å²) in [6.07, 6.45) is -0.658. The fourth-order valence-electron chi connectivity index (χ4n) is 1.99. The first-order valence-electron chi connectivity index (χ1n) is 8.96. The highest BCUT2D eigenvalue weighted by atomic mass is 16.6. The van der Waals surface area contributed by atoms with E-state index in [9.17, 15) is 19.2 Å². The van der Waals surface area contributed by atoms with Gasteiger partial charge >= 0.3 is 11.9 Å². The van der Waals surface area contributed by atoms with Gasteiger partial charge in [0, 0.05) is 19.0 Å². The van der Waals surface area contributed by atoms with Gasteiger partial charge in [-0.25, -0.2) is 4.79 Å². The van der Waals surface area contributed by atoms with Crippen molar-refractivity contribution in [1.82, 2.24) is 0 Å². The number of carbonyl (C=O) groups excluding carboxylic acids is 3. The lowest BCUT2D eigenvalue weighted by Crippen LogP contribution is -2.17. The van der Waals surface area contributed by atoms with Gasteiger partial charge in [0.25, 0.3) is 0 Å². The molecule has 0 unspecified atom stereocenters. The minimum absolute atomic E-state index is 0.0116. The second-order valence-electron chi connectivity index (χ2n) is 5.73. The van der Waals surface area contributed by atoms with Crippen LogP contribution in [0.15, 0.2) is 24.3 Å². The van der Waals surface area contributed by atoms with Crippen LogP contribution in [0.3, 0.4) is 0 Å². The number of carboxylic acids is 1. The van der Waals surface area contributed by atoms with E-state index < -0.39 is 17.7 Å². The molecule has 160 valence electrons. The Morgan fingerprint density at radius 3 is 2.03 bits per heavy atom. The molecule has 0 spiro atoms. The number of Topliss-reactive ketones (excluding diaryl/α,β-unsaturated/α-hetero) is 1. The van der Waals surface area contributed by atoms with Crippen molar-refractivity contribution in [2.45, 2.75) is 19.8 Å². The number of carboxylic acid groups (broad SMARTS) is 1. The van der Waals surface area contributed by atoms with Gasteiger partial charge in [-0.3, -0.25) is 14.4 Å². The number of ketones is 1. The Hall–Kier alpha value is -2.98. The van der Waals surface area contributed by atoms with Gasteiger partial charge in [-0.05, 0) is 24.3 Å². The number of esters is 1. The Kier molecular flexibility index (Phi) is 11.7. The van der Waals surface area contributed by atoms with Crippen LogP contribution < -0.4 is 10.1 Å². The standard InChI is InChI=1S/C19H25NO9/c1-14(21)20-15-2-4-16(5-3-15)28-12-10-26-8-9-27-11-13-29-18(23)7-6-17(22)19(24)25/h2-5H,6-13H2,1H3,(H,20,21)(H,24,25). The summed E-state index contributed by atoms with van der Waals surface area (Å²) in [6.45, 7) is 2.98. The van der Waals surface area contributed by atoms with Gasteiger partial charge in [-0.1, -0.05) is 0 Å². The third kappa shape index (κ3) is 12.2. The molecule has 1 amide bonds. The number of nitrogens with one attached hydrogen (secondary N) is 1. The Morgan fingerprint density at radius 2 is 1.45 bits per heavy atom. The van der Waals surface area contributed by atoms with Crippen LogP contribution in [0.1, 0.15) is 19.8 Å². The van der Waals surface area contributed by atoms with Gasteiger partial charge in [0.15, 0.2) is 0 Å². The maximum absolute atomic E-state index is 11.3. The Labute approximate surface area is 168 Å². The molecule has 29 heavy (non-hydrogen) atoms. The first kappa shape index (κ1) is 24.1. The smallest absolute Gasteiger partial charge is 0.372 e. The number of carbonyl (C=O) groups is 4. The molecule has 0 saturated carbocycles. The third-order valence-electron chi connectivity index (χ3n) is 3.33. The number of benzene rings is 1.